The molecule has 2 unspecified atom stereocenters. The van der Waals surface area contributed by atoms with Gasteiger partial charge in [0.2, 0.25) is 0 Å². The molecule has 114 valence electrons. The van der Waals surface area contributed by atoms with Crippen LogP contribution < -0.4 is 10.6 Å². The summed E-state index contributed by atoms with van der Waals surface area (Å²) in [5.41, 5.74) is -1.23. The van der Waals surface area contributed by atoms with E-state index < -0.39 is 5.60 Å². The van der Waals surface area contributed by atoms with Crippen LogP contribution in [0.1, 0.15) is 31.8 Å². The average molecular weight is 284 g/mol. The quantitative estimate of drug-likeness (QED) is 0.709. The van der Waals surface area contributed by atoms with E-state index in [0.717, 1.165) is 12.2 Å². The van der Waals surface area contributed by atoms with Crippen LogP contribution in [0.25, 0.3) is 0 Å². The smallest absolute Gasteiger partial charge is 0.315 e. The Morgan fingerprint density at radius 1 is 1.55 bits per heavy atom. The van der Waals surface area contributed by atoms with Gasteiger partial charge in [-0.25, -0.2) is 4.79 Å². The summed E-state index contributed by atoms with van der Waals surface area (Å²) in [6.07, 6.45) is 0.734. The van der Waals surface area contributed by atoms with Crippen LogP contribution >= 0.6 is 0 Å². The highest BCUT2D eigenvalue weighted by molar-refractivity contribution is 5.74. The number of furan rings is 1. The lowest BCUT2D eigenvalue weighted by Crippen LogP contribution is -2.46. The van der Waals surface area contributed by atoms with E-state index in [1.807, 2.05) is 6.92 Å². The fraction of sp³-hybridized carbons (Fsp3) is 0.643. The molecule has 0 saturated heterocycles. The van der Waals surface area contributed by atoms with Crippen molar-refractivity contribution in [2.75, 3.05) is 20.3 Å². The van der Waals surface area contributed by atoms with Gasteiger partial charge in [0.1, 0.15) is 17.1 Å². The molecule has 3 N–H and O–H groups in total. The second-order valence-corrected chi connectivity index (χ2v) is 5.19. The average Bonchev–Trinajstić information content (AvgIpc) is 2.81. The first-order valence-electron chi connectivity index (χ1n) is 6.67. The molecule has 0 fully saturated rings. The number of ether oxygens (including phenoxy) is 1. The molecule has 0 radical (unpaired) electrons. The second-order valence-electron chi connectivity index (χ2n) is 5.19. The van der Waals surface area contributed by atoms with E-state index in [4.69, 9.17) is 9.15 Å². The zero-order valence-electron chi connectivity index (χ0n) is 12.5. The summed E-state index contributed by atoms with van der Waals surface area (Å²) in [4.78, 5) is 11.7. The Kier molecular flexibility index (Phi) is 6.04. The normalized spacial score (nSPS) is 15.4. The van der Waals surface area contributed by atoms with Crippen molar-refractivity contribution in [3.63, 3.8) is 0 Å². The maximum Gasteiger partial charge on any atom is 0.315 e. The van der Waals surface area contributed by atoms with Gasteiger partial charge in [-0.15, -0.1) is 0 Å². The summed E-state index contributed by atoms with van der Waals surface area (Å²) >= 11 is 0. The van der Waals surface area contributed by atoms with E-state index in [0.29, 0.717) is 12.4 Å². The third-order valence-corrected chi connectivity index (χ3v) is 3.00. The number of hydrogen-bond acceptors (Lipinski definition) is 4. The van der Waals surface area contributed by atoms with E-state index in [2.05, 4.69) is 10.6 Å². The molecule has 1 rings (SSSR count). The number of nitrogens with one attached hydrogen (secondary N) is 2. The van der Waals surface area contributed by atoms with Gasteiger partial charge in [-0.2, -0.15) is 0 Å². The van der Waals surface area contributed by atoms with Crippen molar-refractivity contribution in [2.24, 2.45) is 0 Å². The minimum absolute atomic E-state index is 0.00533. The summed E-state index contributed by atoms with van der Waals surface area (Å²) in [5, 5.41) is 15.7. The topological polar surface area (TPSA) is 83.7 Å². The number of rotatable bonds is 7. The third kappa shape index (κ3) is 5.22. The van der Waals surface area contributed by atoms with Crippen LogP contribution in [-0.2, 0) is 10.3 Å². The first-order chi connectivity index (χ1) is 9.35. The number of carbonyl (C=O) groups is 1. The third-order valence-electron chi connectivity index (χ3n) is 3.00. The summed E-state index contributed by atoms with van der Waals surface area (Å²) < 4.78 is 10.3. The molecular weight excluding hydrogens is 260 g/mol. The van der Waals surface area contributed by atoms with Crippen LogP contribution in [0.3, 0.4) is 0 Å². The largest absolute Gasteiger partial charge is 0.463 e. The maximum atomic E-state index is 11.7. The maximum absolute atomic E-state index is 11.7. The Hall–Kier alpha value is -1.53. The number of urea groups is 1. The summed E-state index contributed by atoms with van der Waals surface area (Å²) in [6, 6.07) is 3.16. The molecular formula is C14H24N2O4. The Balaban J connectivity index is 2.40. The molecule has 0 aromatic carbocycles. The fourth-order valence-electron chi connectivity index (χ4n) is 1.71. The SMILES string of the molecule is COCCC(C)NC(=O)NCC(C)(O)c1ccc(C)o1. The molecule has 0 spiro atoms. The fourth-order valence-corrected chi connectivity index (χ4v) is 1.71. The van der Waals surface area contributed by atoms with Gasteiger partial charge in [0.25, 0.3) is 0 Å². The highest BCUT2D eigenvalue weighted by Crippen LogP contribution is 2.21. The lowest BCUT2D eigenvalue weighted by Gasteiger charge is -2.22. The minimum Gasteiger partial charge on any atom is -0.463 e. The summed E-state index contributed by atoms with van der Waals surface area (Å²) in [5.74, 6) is 1.15. The van der Waals surface area contributed by atoms with Gasteiger partial charge in [0, 0.05) is 19.8 Å². The number of aliphatic hydroxyl groups is 1. The van der Waals surface area contributed by atoms with Gasteiger partial charge >= 0.3 is 6.03 Å². The number of methoxy groups -OCH3 is 1. The van der Waals surface area contributed by atoms with Crippen LogP contribution in [0.5, 0.6) is 0 Å². The number of carbonyl (C=O) groups excluding carboxylic acids is 1. The Morgan fingerprint density at radius 3 is 2.80 bits per heavy atom. The summed E-state index contributed by atoms with van der Waals surface area (Å²) in [6.45, 7) is 5.96. The van der Waals surface area contributed by atoms with E-state index in [-0.39, 0.29) is 18.6 Å². The molecule has 0 aliphatic heterocycles. The molecule has 0 saturated carbocycles. The molecule has 0 aliphatic rings. The van der Waals surface area contributed by atoms with E-state index in [1.54, 1.807) is 33.1 Å². The van der Waals surface area contributed by atoms with Crippen LogP contribution in [0, 0.1) is 6.92 Å². The van der Waals surface area contributed by atoms with Crippen molar-refractivity contribution < 1.29 is 19.1 Å². The highest BCUT2D eigenvalue weighted by atomic mass is 16.5. The van der Waals surface area contributed by atoms with Gasteiger partial charge in [-0.3, -0.25) is 0 Å². The predicted molar refractivity (Wildman–Crippen MR) is 75.5 cm³/mol. The van der Waals surface area contributed by atoms with Crippen LogP contribution in [0.2, 0.25) is 0 Å². The van der Waals surface area contributed by atoms with Crippen molar-refractivity contribution in [3.8, 4) is 0 Å². The Bertz CT molecular complexity index is 429. The van der Waals surface area contributed by atoms with Gasteiger partial charge in [0.15, 0.2) is 0 Å². The van der Waals surface area contributed by atoms with Crippen LogP contribution in [-0.4, -0.2) is 37.4 Å². The first-order valence-corrected chi connectivity index (χ1v) is 6.67. The van der Waals surface area contributed by atoms with Crippen molar-refractivity contribution >= 4 is 6.03 Å². The van der Waals surface area contributed by atoms with Gasteiger partial charge in [-0.05, 0) is 39.3 Å². The molecule has 1 aromatic rings. The summed E-state index contributed by atoms with van der Waals surface area (Å²) in [7, 11) is 1.62. The molecule has 1 aromatic heterocycles. The highest BCUT2D eigenvalue weighted by Gasteiger charge is 2.27. The second kappa shape index (κ2) is 7.31. The van der Waals surface area contributed by atoms with Crippen LogP contribution in [0.4, 0.5) is 4.79 Å². The van der Waals surface area contributed by atoms with Crippen molar-refractivity contribution in [1.82, 2.24) is 10.6 Å². The molecule has 0 aliphatic carbocycles. The first kappa shape index (κ1) is 16.5. The molecule has 2 amide bonds. The zero-order chi connectivity index (χ0) is 15.2. The molecule has 6 heteroatoms. The van der Waals surface area contributed by atoms with Gasteiger partial charge in [-0.1, -0.05) is 0 Å². The number of hydrogen-bond donors (Lipinski definition) is 3. The Labute approximate surface area is 119 Å². The number of amides is 2. The van der Waals surface area contributed by atoms with Crippen molar-refractivity contribution in [1.29, 1.82) is 0 Å². The van der Waals surface area contributed by atoms with E-state index in [1.165, 1.54) is 0 Å². The molecule has 0 bridgehead atoms. The monoisotopic (exact) mass is 284 g/mol. The van der Waals surface area contributed by atoms with Crippen LogP contribution in [0.15, 0.2) is 16.5 Å². The Morgan fingerprint density at radius 2 is 2.25 bits per heavy atom. The molecule has 1 heterocycles. The van der Waals surface area contributed by atoms with Crippen molar-refractivity contribution in [2.45, 2.75) is 38.8 Å². The van der Waals surface area contributed by atoms with Gasteiger partial charge < -0.3 is 24.9 Å². The van der Waals surface area contributed by atoms with E-state index >= 15 is 0 Å². The predicted octanol–water partition coefficient (Wildman–Crippen LogP) is 1.52. The zero-order valence-corrected chi connectivity index (χ0v) is 12.5. The molecule has 2 atom stereocenters. The van der Waals surface area contributed by atoms with Crippen molar-refractivity contribution in [3.05, 3.63) is 23.7 Å². The lowest BCUT2D eigenvalue weighted by molar-refractivity contribution is 0.0358. The lowest BCUT2D eigenvalue weighted by atomic mass is 10.0. The standard InChI is InChI=1S/C14H24N2O4/c1-10(7-8-19-4)16-13(17)15-9-14(3,18)12-6-5-11(2)20-12/h5-6,10,18H,7-9H2,1-4H3,(H2,15,16,17). The molecule has 20 heavy (non-hydrogen) atoms. The minimum atomic E-state index is -1.23. The van der Waals surface area contributed by atoms with Gasteiger partial charge in [0.05, 0.1) is 6.54 Å². The van der Waals surface area contributed by atoms with E-state index in [9.17, 15) is 9.90 Å². The molecule has 6 nitrogen and oxygen atoms in total. The number of aryl methyl sites for hydroxylation is 1.